The van der Waals surface area contributed by atoms with E-state index in [4.69, 9.17) is 27.2 Å². The van der Waals surface area contributed by atoms with Gasteiger partial charge in [0.05, 0.1) is 13.2 Å². The van der Waals surface area contributed by atoms with Crippen molar-refractivity contribution in [3.63, 3.8) is 0 Å². The molecule has 0 saturated carbocycles. The van der Waals surface area contributed by atoms with Gasteiger partial charge >= 0.3 is 0 Å². The fourth-order valence-corrected chi connectivity index (χ4v) is 1.71. The second-order valence-electron chi connectivity index (χ2n) is 3.35. The normalized spacial score (nSPS) is 50.5. The van der Waals surface area contributed by atoms with E-state index in [2.05, 4.69) is 0 Å². The van der Waals surface area contributed by atoms with Crippen molar-refractivity contribution in [2.24, 2.45) is 0 Å². The van der Waals surface area contributed by atoms with Crippen molar-refractivity contribution in [2.75, 3.05) is 20.0 Å². The van der Waals surface area contributed by atoms with E-state index in [0.717, 1.165) is 0 Å². The first-order valence-electron chi connectivity index (χ1n) is 4.11. The molecule has 2 rings (SSSR count). The van der Waals surface area contributed by atoms with Crippen molar-refractivity contribution in [2.45, 2.75) is 23.8 Å². The molecule has 2 saturated heterocycles. The molecule has 2 unspecified atom stereocenters. The summed E-state index contributed by atoms with van der Waals surface area (Å²) in [6, 6.07) is -0.703. The number of ether oxygens (including phenoxy) is 3. The lowest BCUT2D eigenvalue weighted by atomic mass is 9.90. The minimum Gasteiger partial charge on any atom is -0.393 e. The van der Waals surface area contributed by atoms with Gasteiger partial charge in [0.15, 0.2) is 0 Å². The molecular weight excluding hydrogens is 175 g/mol. The third-order valence-corrected chi connectivity index (χ3v) is 2.50. The maximum atomic E-state index is 9.74. The number of hydrogen-bond donors (Lipinski definition) is 2. The van der Waals surface area contributed by atoms with Crippen LogP contribution in [0.4, 0.5) is 0 Å². The molecule has 4 atom stereocenters. The van der Waals surface area contributed by atoms with Gasteiger partial charge in [-0.25, -0.2) is 0 Å². The summed E-state index contributed by atoms with van der Waals surface area (Å²) in [4.78, 5) is 0. The van der Waals surface area contributed by atoms with Gasteiger partial charge in [-0.2, -0.15) is 0 Å². The van der Waals surface area contributed by atoms with Gasteiger partial charge in [0.2, 0.25) is 0 Å². The Hall–Kier alpha value is -0.135. The predicted octanol–water partition coefficient (Wildman–Crippen LogP) is -2.02. The van der Waals surface area contributed by atoms with Gasteiger partial charge in [-0.15, -0.1) is 0 Å². The Labute approximate surface area is 77.0 Å². The predicted molar refractivity (Wildman–Crippen MR) is 42.1 cm³/mol. The topological polar surface area (TPSA) is 68.2 Å². The first-order chi connectivity index (χ1) is 6.19. The third kappa shape index (κ3) is 1.29. The molecule has 2 aliphatic heterocycles. The monoisotopic (exact) mass is 186 g/mol. The molecule has 2 fully saturated rings. The number of fused-ring (bicyclic) bond motifs is 2. The molecule has 0 spiro atoms. The van der Waals surface area contributed by atoms with Gasteiger partial charge in [0.25, 0.3) is 0 Å². The number of aliphatic hydroxyl groups excluding tert-OH is 2. The van der Waals surface area contributed by atoms with Crippen LogP contribution in [0.1, 0.15) is 0 Å². The number of aliphatic hydroxyl groups is 2. The van der Waals surface area contributed by atoms with Crippen molar-refractivity contribution in [3.8, 4) is 0 Å². The standard InChI is InChI=1S/C7H11BO5/c8-6-4-5(10)7(1-9,13-6)2-11-3-12-4/h4-6,9-10H,1-3H2/t4?,5?,6-,7+/m1/s1. The first-order valence-corrected chi connectivity index (χ1v) is 4.11. The molecule has 13 heavy (non-hydrogen) atoms. The van der Waals surface area contributed by atoms with Crippen LogP contribution in [-0.4, -0.2) is 61.9 Å². The zero-order valence-electron chi connectivity index (χ0n) is 7.05. The molecule has 0 aliphatic carbocycles. The zero-order chi connectivity index (χ0) is 9.47. The van der Waals surface area contributed by atoms with Crippen LogP contribution >= 0.6 is 0 Å². The van der Waals surface area contributed by atoms with Gasteiger partial charge < -0.3 is 24.4 Å². The van der Waals surface area contributed by atoms with E-state index in [1.165, 1.54) is 0 Å². The van der Waals surface area contributed by atoms with E-state index < -0.39 is 23.8 Å². The molecule has 6 heteroatoms. The lowest BCUT2D eigenvalue weighted by Crippen LogP contribution is -2.48. The number of rotatable bonds is 1. The fourth-order valence-electron chi connectivity index (χ4n) is 1.71. The first kappa shape index (κ1) is 9.42. The van der Waals surface area contributed by atoms with Crippen LogP contribution in [0.2, 0.25) is 0 Å². The Morgan fingerprint density at radius 2 is 2.31 bits per heavy atom. The lowest BCUT2D eigenvalue weighted by molar-refractivity contribution is -0.162. The van der Waals surface area contributed by atoms with E-state index in [1.54, 1.807) is 0 Å². The summed E-state index contributed by atoms with van der Waals surface area (Å²) in [6.07, 6.45) is -1.55. The van der Waals surface area contributed by atoms with Gasteiger partial charge in [-0.1, -0.05) is 0 Å². The molecule has 5 nitrogen and oxygen atoms in total. The quantitative estimate of drug-likeness (QED) is 0.462. The molecule has 2 heterocycles. The van der Waals surface area contributed by atoms with Crippen LogP contribution in [0, 0.1) is 0 Å². The molecule has 2 aliphatic rings. The van der Waals surface area contributed by atoms with Crippen molar-refractivity contribution < 1.29 is 24.4 Å². The van der Waals surface area contributed by atoms with Gasteiger partial charge in [0.1, 0.15) is 32.4 Å². The highest BCUT2D eigenvalue weighted by molar-refractivity contribution is 6.11. The summed E-state index contributed by atoms with van der Waals surface area (Å²) < 4.78 is 15.4. The van der Waals surface area contributed by atoms with Crippen LogP contribution in [0.15, 0.2) is 0 Å². The molecular formula is C7H11BO5. The van der Waals surface area contributed by atoms with Gasteiger partial charge in [0, 0.05) is 6.00 Å². The van der Waals surface area contributed by atoms with Crippen LogP contribution in [0.3, 0.4) is 0 Å². The smallest absolute Gasteiger partial charge is 0.147 e. The molecule has 2 N–H and O–H groups in total. The largest absolute Gasteiger partial charge is 0.393 e. The van der Waals surface area contributed by atoms with Crippen molar-refractivity contribution in [3.05, 3.63) is 0 Å². The second kappa shape index (κ2) is 3.22. The summed E-state index contributed by atoms with van der Waals surface area (Å²) in [5.41, 5.74) is -1.11. The molecule has 0 aromatic carbocycles. The second-order valence-corrected chi connectivity index (χ2v) is 3.35. The Kier molecular flexibility index (Phi) is 2.33. The van der Waals surface area contributed by atoms with E-state index >= 15 is 0 Å². The maximum absolute atomic E-state index is 9.74. The van der Waals surface area contributed by atoms with Crippen LogP contribution in [0.5, 0.6) is 0 Å². The summed E-state index contributed by atoms with van der Waals surface area (Å²) in [7, 11) is 5.57. The Morgan fingerprint density at radius 1 is 1.54 bits per heavy atom. The van der Waals surface area contributed by atoms with Gasteiger partial charge in [-0.3, -0.25) is 0 Å². The maximum Gasteiger partial charge on any atom is 0.147 e. The lowest BCUT2D eigenvalue weighted by Gasteiger charge is -2.28. The minimum absolute atomic E-state index is 0.0700. The molecule has 2 bridgehead atoms. The van der Waals surface area contributed by atoms with E-state index in [1.807, 2.05) is 0 Å². The highest BCUT2D eigenvalue weighted by atomic mass is 16.7. The van der Waals surface area contributed by atoms with E-state index in [0.29, 0.717) is 0 Å². The van der Waals surface area contributed by atoms with Crippen LogP contribution in [0.25, 0.3) is 0 Å². The molecule has 0 amide bonds. The Morgan fingerprint density at radius 3 is 3.00 bits per heavy atom. The Balaban J connectivity index is 2.24. The summed E-state index contributed by atoms with van der Waals surface area (Å²) in [5, 5.41) is 18.8. The van der Waals surface area contributed by atoms with E-state index in [-0.39, 0.29) is 20.0 Å². The molecule has 0 aromatic rings. The van der Waals surface area contributed by atoms with Crippen molar-refractivity contribution in [1.82, 2.24) is 0 Å². The fraction of sp³-hybridized carbons (Fsp3) is 1.00. The summed E-state index contributed by atoms with van der Waals surface area (Å²) >= 11 is 0. The molecule has 0 aromatic heterocycles. The average Bonchev–Trinajstić information content (AvgIpc) is 2.26. The third-order valence-electron chi connectivity index (χ3n) is 2.50. The van der Waals surface area contributed by atoms with Crippen LogP contribution < -0.4 is 0 Å². The highest BCUT2D eigenvalue weighted by Gasteiger charge is 2.54. The van der Waals surface area contributed by atoms with Gasteiger partial charge in [-0.05, 0) is 0 Å². The van der Waals surface area contributed by atoms with Crippen LogP contribution in [-0.2, 0) is 14.2 Å². The Bertz CT molecular complexity index is 201. The molecule has 2 radical (unpaired) electrons. The molecule has 72 valence electrons. The SMILES string of the molecule is [B][C@@H]1O[C@@]2(CO)COCOC1C2O. The average molecular weight is 186 g/mol. The summed E-state index contributed by atoms with van der Waals surface area (Å²) in [5.74, 6) is 0. The summed E-state index contributed by atoms with van der Waals surface area (Å²) in [6.45, 7) is -0.170. The van der Waals surface area contributed by atoms with E-state index in [9.17, 15) is 5.11 Å². The highest BCUT2D eigenvalue weighted by Crippen LogP contribution is 2.33. The van der Waals surface area contributed by atoms with Crippen molar-refractivity contribution in [1.29, 1.82) is 0 Å². The zero-order valence-corrected chi connectivity index (χ0v) is 7.05. The minimum atomic E-state index is -1.11. The van der Waals surface area contributed by atoms with Crippen molar-refractivity contribution >= 4 is 7.85 Å². The number of hydrogen-bond acceptors (Lipinski definition) is 5.